The number of aliphatic hydroxyl groups is 1. The minimum Gasteiger partial charge on any atom is -0.503 e. The third-order valence-electron chi connectivity index (χ3n) is 3.97. The molecule has 24 heavy (non-hydrogen) atoms. The van der Waals surface area contributed by atoms with Gasteiger partial charge in [-0.25, -0.2) is 0 Å². The number of allylic oxidation sites excluding steroid dienone is 1. The van der Waals surface area contributed by atoms with Crippen molar-refractivity contribution in [3.8, 4) is 11.4 Å². The van der Waals surface area contributed by atoms with Crippen molar-refractivity contribution < 1.29 is 14.6 Å². The molecule has 124 valence electrons. The van der Waals surface area contributed by atoms with E-state index in [4.69, 9.17) is 0 Å². The van der Waals surface area contributed by atoms with Crippen LogP contribution in [0.4, 0.5) is 4.39 Å². The molecule has 0 fully saturated rings. The molecule has 2 unspecified atom stereocenters. The van der Waals surface area contributed by atoms with Crippen LogP contribution in [0.25, 0.3) is 5.69 Å². The number of aromatic hydroxyl groups is 1. The number of hydrogen-bond donors (Lipinski definition) is 2. The van der Waals surface area contributed by atoms with Crippen molar-refractivity contribution in [3.63, 3.8) is 0 Å². The Hall–Kier alpha value is -2.73. The lowest BCUT2D eigenvalue weighted by molar-refractivity contribution is 0.191. The summed E-state index contributed by atoms with van der Waals surface area (Å²) in [4.78, 5) is 15.4. The van der Waals surface area contributed by atoms with Gasteiger partial charge in [0.05, 0.1) is 24.5 Å². The lowest BCUT2D eigenvalue weighted by atomic mass is 9.97. The molecule has 0 radical (unpaired) electrons. The minimum absolute atomic E-state index is 0.0487. The fraction of sp³-hybridized carbons (Fsp3) is 0.222. The average Bonchev–Trinajstić information content (AvgIpc) is 2.57. The number of aromatic nitrogens is 1. The standard InChI is InChI=1S/C18H17FN2O3/c1-11(22)15-8-16(23)17(24)10-21(15)14-4-2-3-12(7-14)13-5-6-18(19)20-9-13/h2-8,10-11,13,22,24H,9H2,1H3. The molecule has 0 spiro atoms. The number of aliphatic hydroxyl groups excluding tert-OH is 1. The van der Waals surface area contributed by atoms with Gasteiger partial charge in [-0.05, 0) is 30.7 Å². The first-order valence-electron chi connectivity index (χ1n) is 7.58. The summed E-state index contributed by atoms with van der Waals surface area (Å²) >= 11 is 0. The van der Waals surface area contributed by atoms with Gasteiger partial charge >= 0.3 is 0 Å². The van der Waals surface area contributed by atoms with Crippen molar-refractivity contribution in [3.05, 3.63) is 70.2 Å². The Morgan fingerprint density at radius 2 is 2.17 bits per heavy atom. The number of dihydropyridines is 1. The van der Waals surface area contributed by atoms with E-state index in [0.29, 0.717) is 17.9 Å². The number of halogens is 1. The summed E-state index contributed by atoms with van der Waals surface area (Å²) in [5, 5.41) is 19.6. The van der Waals surface area contributed by atoms with E-state index in [9.17, 15) is 19.4 Å². The van der Waals surface area contributed by atoms with Crippen LogP contribution in [0.15, 0.2) is 58.5 Å². The number of aliphatic imine (C=N–C) groups is 1. The van der Waals surface area contributed by atoms with E-state index in [-0.39, 0.29) is 5.92 Å². The Morgan fingerprint density at radius 3 is 2.83 bits per heavy atom. The Morgan fingerprint density at radius 1 is 1.38 bits per heavy atom. The molecule has 1 aromatic carbocycles. The van der Waals surface area contributed by atoms with Crippen LogP contribution in [0.5, 0.6) is 5.75 Å². The summed E-state index contributed by atoms with van der Waals surface area (Å²) in [6, 6.07) is 8.61. The molecule has 1 aliphatic heterocycles. The Kier molecular flexibility index (Phi) is 4.31. The lowest BCUT2D eigenvalue weighted by Crippen LogP contribution is -2.13. The van der Waals surface area contributed by atoms with Crippen LogP contribution >= 0.6 is 0 Å². The predicted octanol–water partition coefficient (Wildman–Crippen LogP) is 2.62. The summed E-state index contributed by atoms with van der Waals surface area (Å²) in [6.45, 7) is 1.87. The van der Waals surface area contributed by atoms with Crippen LogP contribution in [-0.4, -0.2) is 27.3 Å². The van der Waals surface area contributed by atoms with Crippen molar-refractivity contribution in [1.82, 2.24) is 4.57 Å². The van der Waals surface area contributed by atoms with Crippen LogP contribution in [-0.2, 0) is 0 Å². The number of pyridine rings is 1. The van der Waals surface area contributed by atoms with Gasteiger partial charge in [0.1, 0.15) is 0 Å². The molecule has 6 heteroatoms. The first-order chi connectivity index (χ1) is 11.5. The zero-order valence-electron chi connectivity index (χ0n) is 13.1. The van der Waals surface area contributed by atoms with Gasteiger partial charge in [-0.2, -0.15) is 4.39 Å². The molecular formula is C18H17FN2O3. The maximum absolute atomic E-state index is 13.0. The van der Waals surface area contributed by atoms with E-state index >= 15 is 0 Å². The van der Waals surface area contributed by atoms with Crippen LogP contribution in [0.3, 0.4) is 0 Å². The first-order valence-corrected chi connectivity index (χ1v) is 7.58. The van der Waals surface area contributed by atoms with Gasteiger partial charge in [0.2, 0.25) is 11.4 Å². The maximum atomic E-state index is 13.0. The number of hydrogen-bond acceptors (Lipinski definition) is 4. The SMILES string of the molecule is CC(O)c1cc(=O)c(O)cn1-c1cccc(C2C=CC(F)=NC2)c1. The molecule has 2 aromatic rings. The highest BCUT2D eigenvalue weighted by Crippen LogP contribution is 2.25. The van der Waals surface area contributed by atoms with Gasteiger partial charge in [-0.1, -0.05) is 18.2 Å². The van der Waals surface area contributed by atoms with Gasteiger partial charge in [0.15, 0.2) is 5.75 Å². The number of benzene rings is 1. The first kappa shape index (κ1) is 16.1. The van der Waals surface area contributed by atoms with E-state index in [1.165, 1.54) is 18.3 Å². The summed E-state index contributed by atoms with van der Waals surface area (Å²) in [5.74, 6) is -0.925. The summed E-state index contributed by atoms with van der Waals surface area (Å²) < 4.78 is 14.6. The molecular weight excluding hydrogens is 311 g/mol. The van der Waals surface area contributed by atoms with Crippen molar-refractivity contribution >= 4 is 5.97 Å². The van der Waals surface area contributed by atoms with E-state index in [0.717, 1.165) is 5.56 Å². The van der Waals surface area contributed by atoms with Crippen molar-refractivity contribution in [2.75, 3.05) is 6.54 Å². The van der Waals surface area contributed by atoms with E-state index in [1.807, 2.05) is 18.2 Å². The average molecular weight is 328 g/mol. The van der Waals surface area contributed by atoms with E-state index < -0.39 is 23.2 Å². The number of rotatable bonds is 3. The predicted molar refractivity (Wildman–Crippen MR) is 89.6 cm³/mol. The lowest BCUT2D eigenvalue weighted by Gasteiger charge is -2.19. The molecule has 1 aromatic heterocycles. The maximum Gasteiger partial charge on any atom is 0.223 e. The second-order valence-corrected chi connectivity index (χ2v) is 5.72. The fourth-order valence-electron chi connectivity index (χ4n) is 2.70. The largest absolute Gasteiger partial charge is 0.503 e. The van der Waals surface area contributed by atoms with Gasteiger partial charge in [-0.15, -0.1) is 0 Å². The highest BCUT2D eigenvalue weighted by Gasteiger charge is 2.15. The van der Waals surface area contributed by atoms with Gasteiger partial charge in [-0.3, -0.25) is 9.79 Å². The van der Waals surface area contributed by atoms with E-state index in [1.54, 1.807) is 23.6 Å². The third-order valence-corrected chi connectivity index (χ3v) is 3.97. The molecule has 0 saturated heterocycles. The van der Waals surface area contributed by atoms with Crippen molar-refractivity contribution in [2.45, 2.75) is 18.9 Å². The smallest absolute Gasteiger partial charge is 0.223 e. The third kappa shape index (κ3) is 3.14. The van der Waals surface area contributed by atoms with Crippen LogP contribution in [0, 0.1) is 0 Å². The Labute approximate surface area is 138 Å². The van der Waals surface area contributed by atoms with Crippen LogP contribution in [0.1, 0.15) is 30.2 Å². The molecule has 2 heterocycles. The highest BCUT2D eigenvalue weighted by atomic mass is 19.1. The molecule has 2 N–H and O–H groups in total. The summed E-state index contributed by atoms with van der Waals surface area (Å²) in [6.07, 6.45) is 3.50. The zero-order chi connectivity index (χ0) is 17.3. The molecule has 1 aliphatic rings. The molecule has 0 bridgehead atoms. The molecule has 5 nitrogen and oxygen atoms in total. The zero-order valence-corrected chi connectivity index (χ0v) is 13.1. The molecule has 0 aliphatic carbocycles. The second-order valence-electron chi connectivity index (χ2n) is 5.72. The van der Waals surface area contributed by atoms with Crippen LogP contribution < -0.4 is 5.43 Å². The fourth-order valence-corrected chi connectivity index (χ4v) is 2.70. The molecule has 0 amide bonds. The Bertz CT molecular complexity index is 884. The van der Waals surface area contributed by atoms with Gasteiger partial charge in [0.25, 0.3) is 0 Å². The van der Waals surface area contributed by atoms with Crippen molar-refractivity contribution in [2.24, 2.45) is 4.99 Å². The quantitative estimate of drug-likeness (QED) is 0.909. The minimum atomic E-state index is -0.879. The van der Waals surface area contributed by atoms with E-state index in [2.05, 4.69) is 4.99 Å². The van der Waals surface area contributed by atoms with Crippen LogP contribution in [0.2, 0.25) is 0 Å². The Balaban J connectivity index is 2.05. The molecule has 3 rings (SSSR count). The normalized spacial score (nSPS) is 18.3. The highest BCUT2D eigenvalue weighted by molar-refractivity contribution is 5.87. The van der Waals surface area contributed by atoms with Gasteiger partial charge < -0.3 is 14.8 Å². The molecule has 2 atom stereocenters. The van der Waals surface area contributed by atoms with Crippen molar-refractivity contribution in [1.29, 1.82) is 0 Å². The second kappa shape index (κ2) is 6.41. The topological polar surface area (TPSA) is 74.8 Å². The molecule has 0 saturated carbocycles. The summed E-state index contributed by atoms with van der Waals surface area (Å²) in [5.41, 5.74) is 1.44. The number of nitrogens with zero attached hydrogens (tertiary/aromatic N) is 2. The monoisotopic (exact) mass is 328 g/mol. The van der Waals surface area contributed by atoms with Gasteiger partial charge in [0, 0.05) is 17.7 Å². The summed E-state index contributed by atoms with van der Waals surface area (Å²) in [7, 11) is 0.